The molecular weight excluding hydrogens is 248 g/mol. The topological polar surface area (TPSA) is 42.3 Å². The highest BCUT2D eigenvalue weighted by molar-refractivity contribution is 5.05. The molecule has 1 aliphatic heterocycles. The van der Waals surface area contributed by atoms with Crippen LogP contribution in [0.4, 0.5) is 0 Å². The second-order valence-corrected chi connectivity index (χ2v) is 6.03. The maximum atomic E-state index is 9.39. The average Bonchev–Trinajstić information content (AvgIpc) is 2.97. The normalized spacial score (nSPS) is 19.1. The first-order valence-corrected chi connectivity index (χ1v) is 8.23. The molecule has 0 saturated carbocycles. The molecule has 1 aliphatic rings. The van der Waals surface area contributed by atoms with Crippen LogP contribution in [0.15, 0.2) is 0 Å². The zero-order valence-corrected chi connectivity index (χ0v) is 13.6. The summed E-state index contributed by atoms with van der Waals surface area (Å²) in [6.07, 6.45) is 5.66. The van der Waals surface area contributed by atoms with Crippen LogP contribution in [0.1, 0.15) is 46.0 Å². The summed E-state index contributed by atoms with van der Waals surface area (Å²) in [5, 5.41) is 12.7. The Morgan fingerprint density at radius 3 is 2.50 bits per heavy atom. The molecular formula is C16H32N4. The Bertz CT molecular complexity index is 293. The molecule has 1 saturated heterocycles. The third-order valence-corrected chi connectivity index (χ3v) is 4.47. The molecule has 0 spiro atoms. The van der Waals surface area contributed by atoms with Gasteiger partial charge in [-0.3, -0.25) is 5.32 Å². The fraction of sp³-hybridized carbons (Fsp3) is 0.938. The van der Waals surface area contributed by atoms with E-state index in [0.717, 1.165) is 38.9 Å². The maximum absolute atomic E-state index is 9.39. The lowest BCUT2D eigenvalue weighted by Gasteiger charge is -2.27. The fourth-order valence-corrected chi connectivity index (χ4v) is 2.98. The SMILES string of the molecule is CCNC(C#N)(CC)CCCN(C)CCN1CCCC1. The van der Waals surface area contributed by atoms with E-state index in [1.54, 1.807) is 0 Å². The smallest absolute Gasteiger partial charge is 0.106 e. The van der Waals surface area contributed by atoms with E-state index in [1.807, 2.05) is 0 Å². The van der Waals surface area contributed by atoms with Crippen LogP contribution in [-0.4, -0.2) is 61.7 Å². The number of likely N-dealkylation sites (tertiary alicyclic amines) is 1. The van der Waals surface area contributed by atoms with Gasteiger partial charge in [0.05, 0.1) is 6.07 Å². The molecule has 0 aliphatic carbocycles. The molecule has 1 unspecified atom stereocenters. The van der Waals surface area contributed by atoms with Gasteiger partial charge >= 0.3 is 0 Å². The lowest BCUT2D eigenvalue weighted by molar-refractivity contribution is 0.246. The Morgan fingerprint density at radius 1 is 1.25 bits per heavy atom. The number of nitriles is 1. The summed E-state index contributed by atoms with van der Waals surface area (Å²) in [6.45, 7) is 11.0. The van der Waals surface area contributed by atoms with Crippen LogP contribution < -0.4 is 5.32 Å². The van der Waals surface area contributed by atoms with Gasteiger partial charge in [-0.1, -0.05) is 13.8 Å². The second kappa shape index (κ2) is 9.33. The van der Waals surface area contributed by atoms with Crippen LogP contribution in [0.5, 0.6) is 0 Å². The van der Waals surface area contributed by atoms with Gasteiger partial charge in [0.1, 0.15) is 5.54 Å². The molecule has 0 aromatic rings. The number of hydrogen-bond donors (Lipinski definition) is 1. The summed E-state index contributed by atoms with van der Waals surface area (Å²) in [6, 6.07) is 2.48. The Balaban J connectivity index is 2.19. The van der Waals surface area contributed by atoms with E-state index in [4.69, 9.17) is 0 Å². The monoisotopic (exact) mass is 280 g/mol. The van der Waals surface area contributed by atoms with Crippen molar-refractivity contribution >= 4 is 0 Å². The average molecular weight is 280 g/mol. The maximum Gasteiger partial charge on any atom is 0.106 e. The van der Waals surface area contributed by atoms with E-state index in [-0.39, 0.29) is 5.54 Å². The summed E-state index contributed by atoms with van der Waals surface area (Å²) in [7, 11) is 2.20. The highest BCUT2D eigenvalue weighted by Crippen LogP contribution is 2.16. The largest absolute Gasteiger partial charge is 0.305 e. The van der Waals surface area contributed by atoms with E-state index >= 15 is 0 Å². The first-order chi connectivity index (χ1) is 9.65. The van der Waals surface area contributed by atoms with Crippen molar-refractivity contribution in [3.05, 3.63) is 0 Å². The molecule has 1 N–H and O–H groups in total. The number of likely N-dealkylation sites (N-methyl/N-ethyl adjacent to an activating group) is 1. The number of nitrogens with zero attached hydrogens (tertiary/aromatic N) is 3. The standard InChI is InChI=1S/C16H32N4/c1-4-16(15-17,18-5-2)9-8-10-19(3)13-14-20-11-6-7-12-20/h18H,4-14H2,1-3H3. The summed E-state index contributed by atoms with van der Waals surface area (Å²) in [4.78, 5) is 4.96. The van der Waals surface area contributed by atoms with Gasteiger partial charge in [0, 0.05) is 13.1 Å². The van der Waals surface area contributed by atoms with Crippen LogP contribution in [0.2, 0.25) is 0 Å². The van der Waals surface area contributed by atoms with Gasteiger partial charge in [-0.2, -0.15) is 5.26 Å². The van der Waals surface area contributed by atoms with Crippen molar-refractivity contribution < 1.29 is 0 Å². The third-order valence-electron chi connectivity index (χ3n) is 4.47. The van der Waals surface area contributed by atoms with Gasteiger partial charge in [-0.05, 0) is 65.3 Å². The van der Waals surface area contributed by atoms with Gasteiger partial charge in [0.2, 0.25) is 0 Å². The molecule has 4 nitrogen and oxygen atoms in total. The number of hydrogen-bond acceptors (Lipinski definition) is 4. The third kappa shape index (κ3) is 5.78. The van der Waals surface area contributed by atoms with Crippen LogP contribution in [-0.2, 0) is 0 Å². The molecule has 0 aromatic heterocycles. The first kappa shape index (κ1) is 17.4. The summed E-state index contributed by atoms with van der Waals surface area (Å²) >= 11 is 0. The van der Waals surface area contributed by atoms with Crippen molar-refractivity contribution in [3.63, 3.8) is 0 Å². The van der Waals surface area contributed by atoms with Crippen molar-refractivity contribution in [3.8, 4) is 6.07 Å². The molecule has 1 fully saturated rings. The summed E-state index contributed by atoms with van der Waals surface area (Å²) in [5.74, 6) is 0. The summed E-state index contributed by atoms with van der Waals surface area (Å²) in [5.41, 5.74) is -0.315. The van der Waals surface area contributed by atoms with Gasteiger partial charge in [0.25, 0.3) is 0 Å². The van der Waals surface area contributed by atoms with E-state index in [2.05, 4.69) is 42.1 Å². The van der Waals surface area contributed by atoms with E-state index in [0.29, 0.717) is 0 Å². The van der Waals surface area contributed by atoms with E-state index in [9.17, 15) is 5.26 Å². The molecule has 20 heavy (non-hydrogen) atoms. The Kier molecular flexibility index (Phi) is 8.13. The van der Waals surface area contributed by atoms with Crippen molar-refractivity contribution in [1.29, 1.82) is 5.26 Å². The second-order valence-electron chi connectivity index (χ2n) is 6.03. The van der Waals surface area contributed by atoms with Crippen LogP contribution >= 0.6 is 0 Å². The summed E-state index contributed by atoms with van der Waals surface area (Å²) < 4.78 is 0. The molecule has 0 amide bonds. The predicted octanol–water partition coefficient (Wildman–Crippen LogP) is 2.08. The first-order valence-electron chi connectivity index (χ1n) is 8.23. The number of rotatable bonds is 10. The molecule has 4 heteroatoms. The predicted molar refractivity (Wildman–Crippen MR) is 84.7 cm³/mol. The van der Waals surface area contributed by atoms with Crippen LogP contribution in [0, 0.1) is 11.3 Å². The minimum Gasteiger partial charge on any atom is -0.305 e. The van der Waals surface area contributed by atoms with Crippen LogP contribution in [0.25, 0.3) is 0 Å². The number of nitrogens with one attached hydrogen (secondary N) is 1. The molecule has 0 aromatic carbocycles. The molecule has 1 heterocycles. The Labute approximate surface area is 125 Å². The van der Waals surface area contributed by atoms with E-state index < -0.39 is 0 Å². The highest BCUT2D eigenvalue weighted by Gasteiger charge is 2.25. The zero-order valence-electron chi connectivity index (χ0n) is 13.6. The Morgan fingerprint density at radius 2 is 1.95 bits per heavy atom. The molecule has 116 valence electrons. The van der Waals surface area contributed by atoms with Gasteiger partial charge in [-0.25, -0.2) is 0 Å². The fourth-order valence-electron chi connectivity index (χ4n) is 2.98. The van der Waals surface area contributed by atoms with Crippen molar-refractivity contribution in [1.82, 2.24) is 15.1 Å². The van der Waals surface area contributed by atoms with Crippen molar-refractivity contribution in [2.75, 3.05) is 46.3 Å². The van der Waals surface area contributed by atoms with Gasteiger partial charge < -0.3 is 9.80 Å². The van der Waals surface area contributed by atoms with Crippen LogP contribution in [0.3, 0.4) is 0 Å². The Hall–Kier alpha value is -0.630. The van der Waals surface area contributed by atoms with E-state index in [1.165, 1.54) is 32.5 Å². The van der Waals surface area contributed by atoms with Gasteiger partial charge in [-0.15, -0.1) is 0 Å². The minimum absolute atomic E-state index is 0.315. The molecule has 1 rings (SSSR count). The zero-order chi connectivity index (χ0) is 14.8. The minimum atomic E-state index is -0.315. The van der Waals surface area contributed by atoms with Crippen molar-refractivity contribution in [2.24, 2.45) is 0 Å². The lowest BCUT2D eigenvalue weighted by Crippen LogP contribution is -2.43. The lowest BCUT2D eigenvalue weighted by atomic mass is 9.92. The van der Waals surface area contributed by atoms with Crippen molar-refractivity contribution in [2.45, 2.75) is 51.5 Å². The molecule has 0 radical (unpaired) electrons. The molecule has 0 bridgehead atoms. The molecule has 1 atom stereocenters. The highest BCUT2D eigenvalue weighted by atomic mass is 15.2. The van der Waals surface area contributed by atoms with Gasteiger partial charge in [0.15, 0.2) is 0 Å². The quantitative estimate of drug-likeness (QED) is 0.665.